The van der Waals surface area contributed by atoms with E-state index in [-0.39, 0.29) is 12.1 Å². The maximum Gasteiger partial charge on any atom is 0.126 e. The lowest BCUT2D eigenvalue weighted by atomic mass is 9.92. The molecule has 0 spiro atoms. The molecule has 2 aromatic heterocycles. The number of para-hydroxylation sites is 2. The van der Waals surface area contributed by atoms with Crippen molar-refractivity contribution in [3.63, 3.8) is 0 Å². The summed E-state index contributed by atoms with van der Waals surface area (Å²) >= 11 is 0. The van der Waals surface area contributed by atoms with Crippen molar-refractivity contribution in [2.75, 3.05) is 13.2 Å². The zero-order valence-corrected chi connectivity index (χ0v) is 14.8. The molecule has 132 valence electrons. The summed E-state index contributed by atoms with van der Waals surface area (Å²) in [5.74, 6) is 1.50. The highest BCUT2D eigenvalue weighted by atomic mass is 16.5. The highest BCUT2D eigenvalue weighted by Crippen LogP contribution is 2.32. The number of nitrogens with one attached hydrogen (secondary N) is 2. The Kier molecular flexibility index (Phi) is 4.55. The average molecular weight is 339 g/mol. The number of aromatic nitrogens is 4. The molecule has 1 aromatic carbocycles. The molecule has 25 heavy (non-hydrogen) atoms. The number of H-pyrrole nitrogens is 1. The predicted molar refractivity (Wildman–Crippen MR) is 97.1 cm³/mol. The van der Waals surface area contributed by atoms with Crippen LogP contribution >= 0.6 is 0 Å². The van der Waals surface area contributed by atoms with Crippen molar-refractivity contribution in [1.29, 1.82) is 0 Å². The van der Waals surface area contributed by atoms with Crippen molar-refractivity contribution in [2.24, 2.45) is 13.0 Å². The second-order valence-corrected chi connectivity index (χ2v) is 6.85. The Bertz CT molecular complexity index is 826. The molecule has 1 fully saturated rings. The standard InChI is InChI=1S/C19H25N5O/c1-13(19-22-15-7-3-4-8-17(15)24(19)2)20-12-14-6-5-11-25-18(14)16-9-10-21-23-16/h3-4,7-10,13-14,18,20H,5-6,11-12H2,1-2H3,(H,21,23)/t13?,14-,18+/m0/s1. The minimum absolute atomic E-state index is 0.0939. The Hall–Kier alpha value is -2.18. The third-order valence-electron chi connectivity index (χ3n) is 5.17. The molecule has 2 N–H and O–H groups in total. The second kappa shape index (κ2) is 6.98. The lowest BCUT2D eigenvalue weighted by Crippen LogP contribution is -2.34. The van der Waals surface area contributed by atoms with Gasteiger partial charge in [0.25, 0.3) is 0 Å². The molecule has 3 heterocycles. The summed E-state index contributed by atoms with van der Waals surface area (Å²) in [5, 5.41) is 10.8. The monoisotopic (exact) mass is 339 g/mol. The highest BCUT2D eigenvalue weighted by molar-refractivity contribution is 5.75. The normalized spacial score (nSPS) is 22.3. The summed E-state index contributed by atoms with van der Waals surface area (Å²) in [6, 6.07) is 10.5. The topological polar surface area (TPSA) is 67.8 Å². The van der Waals surface area contributed by atoms with E-state index in [0.29, 0.717) is 5.92 Å². The fraction of sp³-hybridized carbons (Fsp3) is 0.474. The number of hydrogen-bond donors (Lipinski definition) is 2. The van der Waals surface area contributed by atoms with Crippen LogP contribution in [0.3, 0.4) is 0 Å². The molecule has 1 aliphatic heterocycles. The third-order valence-corrected chi connectivity index (χ3v) is 5.17. The summed E-state index contributed by atoms with van der Waals surface area (Å²) in [5.41, 5.74) is 3.29. The van der Waals surface area contributed by atoms with Gasteiger partial charge in [0.2, 0.25) is 0 Å². The van der Waals surface area contributed by atoms with Crippen LogP contribution in [0.1, 0.15) is 43.4 Å². The summed E-state index contributed by atoms with van der Waals surface area (Å²) < 4.78 is 8.19. The van der Waals surface area contributed by atoms with Crippen LogP contribution in [0.5, 0.6) is 0 Å². The van der Waals surface area contributed by atoms with Crippen LogP contribution in [-0.2, 0) is 11.8 Å². The molecule has 3 aromatic rings. The molecular weight excluding hydrogens is 314 g/mol. The van der Waals surface area contributed by atoms with Crippen LogP contribution in [0.4, 0.5) is 0 Å². The lowest BCUT2D eigenvalue weighted by Gasteiger charge is -2.32. The molecule has 0 amide bonds. The van der Waals surface area contributed by atoms with Gasteiger partial charge in [0.15, 0.2) is 0 Å². The number of imidazole rings is 1. The quantitative estimate of drug-likeness (QED) is 0.749. The van der Waals surface area contributed by atoms with E-state index in [1.54, 1.807) is 6.20 Å². The van der Waals surface area contributed by atoms with Gasteiger partial charge in [0.05, 0.1) is 22.8 Å². The van der Waals surface area contributed by atoms with Crippen molar-refractivity contribution in [2.45, 2.75) is 31.9 Å². The number of benzene rings is 1. The van der Waals surface area contributed by atoms with Gasteiger partial charge in [0.1, 0.15) is 11.9 Å². The van der Waals surface area contributed by atoms with E-state index in [1.165, 1.54) is 5.52 Å². The fourth-order valence-corrected chi connectivity index (χ4v) is 3.79. The molecule has 0 saturated carbocycles. The van der Waals surface area contributed by atoms with Crippen LogP contribution in [0.15, 0.2) is 36.5 Å². The second-order valence-electron chi connectivity index (χ2n) is 6.85. The minimum Gasteiger partial charge on any atom is -0.372 e. The molecule has 0 bridgehead atoms. The number of aryl methyl sites for hydroxylation is 1. The Morgan fingerprint density at radius 3 is 3.04 bits per heavy atom. The van der Waals surface area contributed by atoms with Gasteiger partial charge in [-0.3, -0.25) is 5.10 Å². The zero-order chi connectivity index (χ0) is 17.2. The molecule has 3 atom stereocenters. The van der Waals surface area contributed by atoms with E-state index in [4.69, 9.17) is 9.72 Å². The van der Waals surface area contributed by atoms with E-state index >= 15 is 0 Å². The van der Waals surface area contributed by atoms with E-state index in [1.807, 2.05) is 12.1 Å². The van der Waals surface area contributed by atoms with E-state index < -0.39 is 0 Å². The number of ether oxygens (including phenoxy) is 1. The van der Waals surface area contributed by atoms with Crippen LogP contribution in [0.2, 0.25) is 0 Å². The van der Waals surface area contributed by atoms with E-state index in [9.17, 15) is 0 Å². The van der Waals surface area contributed by atoms with Crippen molar-refractivity contribution in [3.05, 3.63) is 48.0 Å². The van der Waals surface area contributed by atoms with Crippen LogP contribution in [0, 0.1) is 5.92 Å². The van der Waals surface area contributed by atoms with Crippen LogP contribution < -0.4 is 5.32 Å². The summed E-state index contributed by atoms with van der Waals surface area (Å²) in [6.45, 7) is 3.89. The largest absolute Gasteiger partial charge is 0.372 e. The van der Waals surface area contributed by atoms with Crippen LogP contribution in [-0.4, -0.2) is 32.9 Å². The average Bonchev–Trinajstić information content (AvgIpc) is 3.29. The molecular formula is C19H25N5O. The van der Waals surface area contributed by atoms with Gasteiger partial charge >= 0.3 is 0 Å². The van der Waals surface area contributed by atoms with Gasteiger partial charge in [-0.15, -0.1) is 0 Å². The Balaban J connectivity index is 1.46. The molecule has 1 aliphatic rings. The molecule has 0 aliphatic carbocycles. The zero-order valence-electron chi connectivity index (χ0n) is 14.8. The van der Waals surface area contributed by atoms with Gasteiger partial charge in [0, 0.05) is 32.3 Å². The third kappa shape index (κ3) is 3.19. The lowest BCUT2D eigenvalue weighted by molar-refractivity contribution is -0.0309. The van der Waals surface area contributed by atoms with Crippen molar-refractivity contribution < 1.29 is 4.74 Å². The SMILES string of the molecule is CC(NC[C@@H]1CCCO[C@H]1c1ccn[nH]1)c1nc2ccccc2n1C. The van der Waals surface area contributed by atoms with Crippen LogP contribution in [0.25, 0.3) is 11.0 Å². The maximum absolute atomic E-state index is 6.01. The van der Waals surface area contributed by atoms with Gasteiger partial charge in [-0.1, -0.05) is 12.1 Å². The number of fused-ring (bicyclic) bond motifs is 1. The van der Waals surface area contributed by atoms with E-state index in [0.717, 1.165) is 43.0 Å². The summed E-state index contributed by atoms with van der Waals surface area (Å²) in [7, 11) is 2.08. The van der Waals surface area contributed by atoms with Crippen molar-refractivity contribution >= 4 is 11.0 Å². The maximum atomic E-state index is 6.01. The van der Waals surface area contributed by atoms with Crippen molar-refractivity contribution in [1.82, 2.24) is 25.1 Å². The first-order valence-corrected chi connectivity index (χ1v) is 8.99. The van der Waals surface area contributed by atoms with Gasteiger partial charge in [-0.05, 0) is 38.0 Å². The first-order valence-electron chi connectivity index (χ1n) is 8.99. The molecule has 6 nitrogen and oxygen atoms in total. The molecule has 1 unspecified atom stereocenters. The Morgan fingerprint density at radius 2 is 2.24 bits per heavy atom. The number of hydrogen-bond acceptors (Lipinski definition) is 4. The Morgan fingerprint density at radius 1 is 1.36 bits per heavy atom. The Labute approximate surface area is 147 Å². The van der Waals surface area contributed by atoms with Gasteiger partial charge in [-0.2, -0.15) is 5.10 Å². The van der Waals surface area contributed by atoms with Crippen molar-refractivity contribution in [3.8, 4) is 0 Å². The van der Waals surface area contributed by atoms with E-state index in [2.05, 4.69) is 52.3 Å². The number of aromatic amines is 1. The molecule has 4 rings (SSSR count). The van der Waals surface area contributed by atoms with Gasteiger partial charge in [-0.25, -0.2) is 4.98 Å². The van der Waals surface area contributed by atoms with Gasteiger partial charge < -0.3 is 14.6 Å². The first kappa shape index (κ1) is 16.3. The number of rotatable bonds is 5. The molecule has 6 heteroatoms. The number of nitrogens with zero attached hydrogens (tertiary/aromatic N) is 3. The highest BCUT2D eigenvalue weighted by Gasteiger charge is 2.29. The molecule has 1 saturated heterocycles. The first-order chi connectivity index (χ1) is 12.2. The molecule has 0 radical (unpaired) electrons. The summed E-state index contributed by atoms with van der Waals surface area (Å²) in [6.07, 6.45) is 4.15. The fourth-order valence-electron chi connectivity index (χ4n) is 3.79. The summed E-state index contributed by atoms with van der Waals surface area (Å²) in [4.78, 5) is 4.80. The smallest absolute Gasteiger partial charge is 0.126 e. The minimum atomic E-state index is 0.0939. The predicted octanol–water partition coefficient (Wildman–Crippen LogP) is 3.11.